The van der Waals surface area contributed by atoms with Crippen LogP contribution < -0.4 is 15.1 Å². The maximum atomic E-state index is 12.8. The SMILES string of the molecule is [2H]N(C(=O)c1ccc(C(F)(F)F)cc1)c1ccc(Cc2nc(N(C)C)c(CC(=O)O)c(N(C([2H])([2H])[2H])C([2H])([2H])[2H])n2)cc1. The quantitative estimate of drug-likeness (QED) is 0.473. The van der Waals surface area contributed by atoms with E-state index in [1.54, 1.807) is 0 Å². The highest BCUT2D eigenvalue weighted by atomic mass is 19.4. The molecular weight excluding hydrogens is 475 g/mol. The van der Waals surface area contributed by atoms with Gasteiger partial charge in [0.15, 0.2) is 1.41 Å². The number of alkyl halides is 3. The maximum Gasteiger partial charge on any atom is 0.416 e. The molecule has 3 aromatic rings. The van der Waals surface area contributed by atoms with Gasteiger partial charge in [-0.05, 0) is 42.0 Å². The molecule has 190 valence electrons. The molecule has 0 aliphatic carbocycles. The molecule has 1 heterocycles. The average molecular weight is 509 g/mol. The molecule has 0 atom stereocenters. The molecule has 0 spiro atoms. The molecule has 0 saturated carbocycles. The summed E-state index contributed by atoms with van der Waals surface area (Å²) in [4.78, 5) is 34.3. The zero-order chi connectivity index (χ0) is 32.5. The number of hydrogen-bond donors (Lipinski definition) is 2. The molecule has 0 bridgehead atoms. The van der Waals surface area contributed by atoms with Gasteiger partial charge in [0.05, 0.1) is 12.0 Å². The highest BCUT2D eigenvalue weighted by molar-refractivity contribution is 6.04. The van der Waals surface area contributed by atoms with Gasteiger partial charge in [0.1, 0.15) is 17.5 Å². The van der Waals surface area contributed by atoms with Crippen LogP contribution in [-0.2, 0) is 23.8 Å². The molecule has 2 N–H and O–H groups in total. The van der Waals surface area contributed by atoms with Crippen molar-refractivity contribution in [3.63, 3.8) is 0 Å². The normalized spacial score (nSPS) is 14.8. The Balaban J connectivity index is 1.97. The Hall–Kier alpha value is -4.15. The summed E-state index contributed by atoms with van der Waals surface area (Å²) < 4.78 is 93.4. The van der Waals surface area contributed by atoms with Gasteiger partial charge in [-0.1, -0.05) is 12.1 Å². The van der Waals surface area contributed by atoms with Crippen molar-refractivity contribution in [1.29, 1.82) is 0 Å². The minimum Gasteiger partial charge on any atom is -0.481 e. The first-order chi connectivity index (χ1) is 19.7. The number of carbonyl (C=O) groups is 2. The molecule has 8 nitrogen and oxygen atoms in total. The van der Waals surface area contributed by atoms with E-state index in [1.165, 1.54) is 43.3 Å². The highest BCUT2D eigenvalue weighted by Crippen LogP contribution is 2.29. The van der Waals surface area contributed by atoms with Gasteiger partial charge in [-0.3, -0.25) is 9.59 Å². The summed E-state index contributed by atoms with van der Waals surface area (Å²) >= 11 is 0. The van der Waals surface area contributed by atoms with E-state index in [2.05, 4.69) is 9.97 Å². The lowest BCUT2D eigenvalue weighted by Gasteiger charge is -2.22. The number of amides is 1. The van der Waals surface area contributed by atoms with Crippen molar-refractivity contribution in [2.75, 3.05) is 43.2 Å². The van der Waals surface area contributed by atoms with Crippen molar-refractivity contribution < 1.29 is 37.5 Å². The summed E-state index contributed by atoms with van der Waals surface area (Å²) in [5.41, 5.74) is -0.717. The third-order valence-electron chi connectivity index (χ3n) is 4.96. The number of carboxylic acids is 1. The van der Waals surface area contributed by atoms with Gasteiger partial charge < -0.3 is 20.2 Å². The Morgan fingerprint density at radius 3 is 2.08 bits per heavy atom. The minimum atomic E-state index is -4.58. The van der Waals surface area contributed by atoms with Crippen LogP contribution in [0.2, 0.25) is 1.41 Å². The Labute approximate surface area is 216 Å². The van der Waals surface area contributed by atoms with E-state index in [-0.39, 0.29) is 39.8 Å². The van der Waals surface area contributed by atoms with E-state index in [4.69, 9.17) is 9.64 Å². The van der Waals surface area contributed by atoms with Crippen LogP contribution in [-0.4, -0.2) is 55.0 Å². The topological polar surface area (TPSA) is 98.7 Å². The molecular formula is C25H26F3N5O3. The molecule has 0 aliphatic rings. The van der Waals surface area contributed by atoms with E-state index in [9.17, 15) is 27.9 Å². The van der Waals surface area contributed by atoms with E-state index >= 15 is 0 Å². The number of aromatic nitrogens is 2. The maximum absolute atomic E-state index is 12.8. The number of nitrogens with one attached hydrogen (secondary N) is 1. The monoisotopic (exact) mass is 508 g/mol. The molecule has 0 fully saturated rings. The highest BCUT2D eigenvalue weighted by Gasteiger charge is 2.30. The van der Waals surface area contributed by atoms with Crippen molar-refractivity contribution in [2.45, 2.75) is 19.0 Å². The predicted octanol–water partition coefficient (Wildman–Crippen LogP) is 4.10. The molecule has 3 rings (SSSR count). The lowest BCUT2D eigenvalue weighted by atomic mass is 10.1. The summed E-state index contributed by atoms with van der Waals surface area (Å²) in [5.74, 6) is -2.88. The second-order valence-corrected chi connectivity index (χ2v) is 7.90. The first kappa shape index (κ1) is 18.2. The molecule has 36 heavy (non-hydrogen) atoms. The summed E-state index contributed by atoms with van der Waals surface area (Å²) in [7, 11) is 3.03. The van der Waals surface area contributed by atoms with Crippen LogP contribution in [0.25, 0.3) is 0 Å². The molecule has 0 saturated heterocycles. The second-order valence-electron chi connectivity index (χ2n) is 7.90. The summed E-state index contributed by atoms with van der Waals surface area (Å²) in [6, 6.07) is 9.16. The number of carbonyl (C=O) groups excluding carboxylic acids is 1. The Kier molecular flexibility index (Phi) is 5.36. The molecule has 1 amide bonds. The smallest absolute Gasteiger partial charge is 0.416 e. The van der Waals surface area contributed by atoms with Gasteiger partial charge in [0.25, 0.3) is 5.91 Å². The molecule has 0 radical (unpaired) electrons. The predicted molar refractivity (Wildman–Crippen MR) is 131 cm³/mol. The fourth-order valence-corrected chi connectivity index (χ4v) is 3.30. The van der Waals surface area contributed by atoms with Gasteiger partial charge in [-0.25, -0.2) is 9.97 Å². The molecule has 11 heteroatoms. The minimum absolute atomic E-state index is 0.00279. The van der Waals surface area contributed by atoms with E-state index in [1.807, 2.05) is 0 Å². The van der Waals surface area contributed by atoms with Crippen LogP contribution in [0.3, 0.4) is 0 Å². The number of carboxylic acid groups (broad SMARTS) is 1. The summed E-state index contributed by atoms with van der Waals surface area (Å²) in [6.07, 6.45) is -5.42. The number of benzene rings is 2. The average Bonchev–Trinajstić information content (AvgIpc) is 2.87. The largest absolute Gasteiger partial charge is 0.481 e. The Bertz CT molecular complexity index is 1470. The number of hydrogen-bond acceptors (Lipinski definition) is 6. The van der Waals surface area contributed by atoms with Crippen molar-refractivity contribution in [2.24, 2.45) is 0 Å². The fraction of sp³-hybridized carbons (Fsp3) is 0.280. The standard InChI is InChI=1S/C25H26F3N5O3/c1-32(2)22-19(14-21(34)35)23(33(3)4)31-20(30-22)13-15-5-11-18(12-6-15)29-24(36)16-7-9-17(10-8-16)25(26,27)28/h5-12H,13-14H2,1-4H3,(H,29,36)(H,34,35)/i1D3,2D3/hD. The van der Waals surface area contributed by atoms with Gasteiger partial charge in [0.2, 0.25) is 0 Å². The summed E-state index contributed by atoms with van der Waals surface area (Å²) in [6.45, 7) is -6.43. The number of halogens is 3. The third kappa shape index (κ3) is 6.49. The molecule has 0 aliphatic heterocycles. The van der Waals surface area contributed by atoms with Crippen molar-refractivity contribution in [3.8, 4) is 0 Å². The Morgan fingerprint density at radius 1 is 1.00 bits per heavy atom. The number of anilines is 3. The Morgan fingerprint density at radius 2 is 1.58 bits per heavy atom. The fourth-order valence-electron chi connectivity index (χ4n) is 3.30. The van der Waals surface area contributed by atoms with E-state index in [0.717, 1.165) is 24.3 Å². The second kappa shape index (κ2) is 10.6. The van der Waals surface area contributed by atoms with Crippen LogP contribution in [0, 0.1) is 0 Å². The summed E-state index contributed by atoms with van der Waals surface area (Å²) in [5, 5.41) is 9.95. The van der Waals surface area contributed by atoms with Crippen LogP contribution in [0.4, 0.5) is 30.5 Å². The van der Waals surface area contributed by atoms with Gasteiger partial charge in [0, 0.05) is 59.5 Å². The van der Waals surface area contributed by atoms with Crippen LogP contribution in [0.1, 0.15) is 41.1 Å². The first-order valence-corrected chi connectivity index (χ1v) is 10.4. The molecule has 1 aromatic heterocycles. The molecule has 2 aromatic carbocycles. The van der Waals surface area contributed by atoms with Crippen LogP contribution in [0.15, 0.2) is 48.5 Å². The van der Waals surface area contributed by atoms with Crippen molar-refractivity contribution in [3.05, 3.63) is 76.6 Å². The zero-order valence-corrected chi connectivity index (χ0v) is 19.2. The van der Waals surface area contributed by atoms with Crippen molar-refractivity contribution in [1.82, 2.24) is 9.97 Å². The first-order valence-electron chi connectivity index (χ1n) is 13.8. The van der Waals surface area contributed by atoms with Gasteiger partial charge in [-0.15, -0.1) is 0 Å². The van der Waals surface area contributed by atoms with Crippen LogP contribution >= 0.6 is 0 Å². The number of nitrogens with zero attached hydrogens (tertiary/aromatic N) is 4. The third-order valence-corrected chi connectivity index (χ3v) is 4.96. The van der Waals surface area contributed by atoms with Gasteiger partial charge >= 0.3 is 12.1 Å². The lowest BCUT2D eigenvalue weighted by molar-refractivity contribution is -0.138. The van der Waals surface area contributed by atoms with E-state index < -0.39 is 49.8 Å². The van der Waals surface area contributed by atoms with Crippen molar-refractivity contribution >= 4 is 29.2 Å². The number of aliphatic carboxylic acids is 1. The zero-order valence-electron chi connectivity index (χ0n) is 26.2. The van der Waals surface area contributed by atoms with E-state index in [0.29, 0.717) is 10.9 Å². The van der Waals surface area contributed by atoms with Crippen LogP contribution in [0.5, 0.6) is 0 Å². The molecule has 0 unspecified atom stereocenters. The number of rotatable bonds is 8. The lowest BCUT2D eigenvalue weighted by Crippen LogP contribution is -2.22. The van der Waals surface area contributed by atoms with Gasteiger partial charge in [-0.2, -0.15) is 13.2 Å².